The maximum absolute atomic E-state index is 13.1. The van der Waals surface area contributed by atoms with Gasteiger partial charge >= 0.3 is 0 Å². The van der Waals surface area contributed by atoms with E-state index < -0.39 is 0 Å². The summed E-state index contributed by atoms with van der Waals surface area (Å²) in [4.78, 5) is 19.9. The quantitative estimate of drug-likeness (QED) is 0.567. The first-order valence-corrected chi connectivity index (χ1v) is 8.18. The fourth-order valence-corrected chi connectivity index (χ4v) is 2.80. The second kappa shape index (κ2) is 6.73. The van der Waals surface area contributed by atoms with Gasteiger partial charge in [0.05, 0.1) is 23.5 Å². The minimum atomic E-state index is -0.317. The molecule has 0 spiro atoms. The zero-order chi connectivity index (χ0) is 18.8. The summed E-state index contributed by atoms with van der Waals surface area (Å²) in [6.07, 6.45) is 1.55. The highest BCUT2D eigenvalue weighted by Crippen LogP contribution is 2.25. The molecule has 2 aromatic heterocycles. The van der Waals surface area contributed by atoms with Crippen LogP contribution >= 0.6 is 0 Å². The van der Waals surface area contributed by atoms with Crippen molar-refractivity contribution in [3.63, 3.8) is 0 Å². The summed E-state index contributed by atoms with van der Waals surface area (Å²) >= 11 is 0. The Balaban J connectivity index is 1.60. The standard InChI is InChI=1S/C21H13FN4O/c22-17-6-4-14(5-7-17)19-10-16-9-18(12-24-20(16)26-19)25-21(27)15-3-1-2-13(8-15)11-23/h1-10,12H,(H,24,26)(H,25,27). The minimum Gasteiger partial charge on any atom is -0.339 e. The van der Waals surface area contributed by atoms with Crippen molar-refractivity contribution in [2.75, 3.05) is 5.32 Å². The number of carbonyl (C=O) groups excluding carboxylic acids is 1. The molecule has 2 heterocycles. The first-order chi connectivity index (χ1) is 13.1. The maximum Gasteiger partial charge on any atom is 0.255 e. The van der Waals surface area contributed by atoms with Gasteiger partial charge in [0.1, 0.15) is 11.5 Å². The molecule has 1 amide bonds. The number of amides is 1. The Bertz CT molecular complexity index is 1190. The molecule has 4 rings (SSSR count). The van der Waals surface area contributed by atoms with Crippen LogP contribution in [0.2, 0.25) is 0 Å². The van der Waals surface area contributed by atoms with Crippen LogP contribution < -0.4 is 5.32 Å². The summed E-state index contributed by atoms with van der Waals surface area (Å²) in [5.74, 6) is -0.610. The number of rotatable bonds is 3. The number of hydrogen-bond acceptors (Lipinski definition) is 3. The number of aromatic nitrogens is 2. The lowest BCUT2D eigenvalue weighted by molar-refractivity contribution is 0.102. The number of H-pyrrole nitrogens is 1. The van der Waals surface area contributed by atoms with Crippen LogP contribution in [0.5, 0.6) is 0 Å². The number of anilines is 1. The molecule has 2 aromatic carbocycles. The van der Waals surface area contributed by atoms with Crippen LogP contribution in [-0.2, 0) is 0 Å². The third-order valence-corrected chi connectivity index (χ3v) is 4.14. The highest BCUT2D eigenvalue weighted by atomic mass is 19.1. The van der Waals surface area contributed by atoms with Gasteiger partial charge in [-0.2, -0.15) is 5.26 Å². The predicted octanol–water partition coefficient (Wildman–Crippen LogP) is 4.49. The predicted molar refractivity (Wildman–Crippen MR) is 101 cm³/mol. The molecule has 0 aliphatic rings. The number of nitrogens with one attached hydrogen (secondary N) is 2. The second-order valence-corrected chi connectivity index (χ2v) is 6.00. The molecule has 0 saturated carbocycles. The van der Waals surface area contributed by atoms with Gasteiger partial charge in [0.25, 0.3) is 5.91 Å². The molecule has 0 saturated heterocycles. The molecule has 130 valence electrons. The van der Waals surface area contributed by atoms with E-state index in [9.17, 15) is 9.18 Å². The van der Waals surface area contributed by atoms with Crippen molar-refractivity contribution in [1.82, 2.24) is 9.97 Å². The average molecular weight is 356 g/mol. The monoisotopic (exact) mass is 356 g/mol. The van der Waals surface area contributed by atoms with Crippen LogP contribution in [0.25, 0.3) is 22.3 Å². The van der Waals surface area contributed by atoms with Gasteiger partial charge in [-0.25, -0.2) is 9.37 Å². The van der Waals surface area contributed by atoms with E-state index in [0.717, 1.165) is 16.6 Å². The molecular formula is C21H13FN4O. The number of nitrogens with zero attached hydrogens (tertiary/aromatic N) is 2. The fourth-order valence-electron chi connectivity index (χ4n) is 2.80. The van der Waals surface area contributed by atoms with Crippen LogP contribution in [0.15, 0.2) is 66.9 Å². The zero-order valence-electron chi connectivity index (χ0n) is 14.0. The van der Waals surface area contributed by atoms with Gasteiger partial charge in [-0.3, -0.25) is 4.79 Å². The molecule has 6 heteroatoms. The van der Waals surface area contributed by atoms with Gasteiger partial charge in [0, 0.05) is 16.6 Å². The molecule has 0 atom stereocenters. The third-order valence-electron chi connectivity index (χ3n) is 4.14. The second-order valence-electron chi connectivity index (χ2n) is 6.00. The van der Waals surface area contributed by atoms with Crippen molar-refractivity contribution in [2.24, 2.45) is 0 Å². The number of fused-ring (bicyclic) bond motifs is 1. The van der Waals surface area contributed by atoms with Crippen LogP contribution in [0.3, 0.4) is 0 Å². The van der Waals surface area contributed by atoms with Crippen LogP contribution in [0.4, 0.5) is 10.1 Å². The molecule has 0 aliphatic heterocycles. The lowest BCUT2D eigenvalue weighted by Gasteiger charge is -2.05. The van der Waals surface area contributed by atoms with Gasteiger partial charge in [-0.05, 0) is 60.2 Å². The lowest BCUT2D eigenvalue weighted by atomic mass is 10.1. The number of halogens is 1. The first kappa shape index (κ1) is 16.5. The molecule has 2 N–H and O–H groups in total. The number of carbonyl (C=O) groups is 1. The molecular weight excluding hydrogens is 343 g/mol. The molecule has 0 radical (unpaired) electrons. The van der Waals surface area contributed by atoms with Gasteiger partial charge < -0.3 is 10.3 Å². The smallest absolute Gasteiger partial charge is 0.255 e. The van der Waals surface area contributed by atoms with Crippen LogP contribution in [-0.4, -0.2) is 15.9 Å². The summed E-state index contributed by atoms with van der Waals surface area (Å²) < 4.78 is 13.1. The van der Waals surface area contributed by atoms with Crippen molar-refractivity contribution in [3.05, 3.63) is 83.8 Å². The van der Waals surface area contributed by atoms with Crippen molar-refractivity contribution >= 4 is 22.6 Å². The topological polar surface area (TPSA) is 81.6 Å². The van der Waals surface area contributed by atoms with Gasteiger partial charge in [0.2, 0.25) is 0 Å². The fraction of sp³-hybridized carbons (Fsp3) is 0. The number of nitriles is 1. The summed E-state index contributed by atoms with van der Waals surface area (Å²) in [6.45, 7) is 0. The Labute approximate surface area is 154 Å². The van der Waals surface area contributed by atoms with Gasteiger partial charge in [-0.15, -0.1) is 0 Å². The molecule has 0 unspecified atom stereocenters. The minimum absolute atomic E-state index is 0.293. The third kappa shape index (κ3) is 3.39. The van der Waals surface area contributed by atoms with Gasteiger partial charge in [0.15, 0.2) is 0 Å². The summed E-state index contributed by atoms with van der Waals surface area (Å²) in [5.41, 5.74) is 3.68. The van der Waals surface area contributed by atoms with E-state index in [1.807, 2.05) is 12.1 Å². The highest BCUT2D eigenvalue weighted by Gasteiger charge is 2.10. The molecule has 5 nitrogen and oxygen atoms in total. The van der Waals surface area contributed by atoms with Crippen molar-refractivity contribution < 1.29 is 9.18 Å². The largest absolute Gasteiger partial charge is 0.339 e. The number of hydrogen-bond donors (Lipinski definition) is 2. The Kier molecular flexibility index (Phi) is 4.11. The summed E-state index contributed by atoms with van der Waals surface area (Å²) in [5, 5.41) is 12.5. The average Bonchev–Trinajstić information content (AvgIpc) is 3.12. The number of aromatic amines is 1. The van der Waals surface area contributed by atoms with E-state index in [4.69, 9.17) is 5.26 Å². The van der Waals surface area contributed by atoms with Crippen LogP contribution in [0, 0.1) is 17.1 Å². The Morgan fingerprint density at radius 1 is 1.11 bits per heavy atom. The van der Waals surface area contributed by atoms with Crippen molar-refractivity contribution in [3.8, 4) is 17.3 Å². The zero-order valence-corrected chi connectivity index (χ0v) is 14.0. The maximum atomic E-state index is 13.1. The Hall–Kier alpha value is -3.98. The lowest BCUT2D eigenvalue weighted by Crippen LogP contribution is -2.12. The van der Waals surface area contributed by atoms with E-state index in [0.29, 0.717) is 22.5 Å². The Morgan fingerprint density at radius 3 is 2.70 bits per heavy atom. The SMILES string of the molecule is N#Cc1cccc(C(=O)Nc2cnc3[nH]c(-c4ccc(F)cc4)cc3c2)c1. The molecule has 0 fully saturated rings. The van der Waals surface area contributed by atoms with E-state index >= 15 is 0 Å². The number of pyridine rings is 1. The van der Waals surface area contributed by atoms with E-state index in [1.165, 1.54) is 18.2 Å². The molecule has 0 aliphatic carbocycles. The molecule has 0 bridgehead atoms. The number of benzene rings is 2. The first-order valence-electron chi connectivity index (χ1n) is 8.18. The van der Waals surface area contributed by atoms with Crippen LogP contribution in [0.1, 0.15) is 15.9 Å². The Morgan fingerprint density at radius 2 is 1.93 bits per heavy atom. The van der Waals surface area contributed by atoms with Crippen molar-refractivity contribution in [1.29, 1.82) is 5.26 Å². The highest BCUT2D eigenvalue weighted by molar-refractivity contribution is 6.05. The molecule has 4 aromatic rings. The molecule has 27 heavy (non-hydrogen) atoms. The summed E-state index contributed by atoms with van der Waals surface area (Å²) in [7, 11) is 0. The van der Waals surface area contributed by atoms with E-state index in [1.54, 1.807) is 42.6 Å². The van der Waals surface area contributed by atoms with Crippen molar-refractivity contribution in [2.45, 2.75) is 0 Å². The normalized spacial score (nSPS) is 10.5. The van der Waals surface area contributed by atoms with Gasteiger partial charge in [-0.1, -0.05) is 6.07 Å². The van der Waals surface area contributed by atoms with E-state index in [2.05, 4.69) is 15.3 Å². The van der Waals surface area contributed by atoms with E-state index in [-0.39, 0.29) is 11.7 Å². The summed E-state index contributed by atoms with van der Waals surface area (Å²) in [6, 6.07) is 18.4.